The third-order valence-electron chi connectivity index (χ3n) is 20.6. The van der Waals surface area contributed by atoms with Gasteiger partial charge in [-0.05, 0) is 179 Å². The van der Waals surface area contributed by atoms with Gasteiger partial charge in [-0.2, -0.15) is 0 Å². The lowest BCUT2D eigenvalue weighted by Gasteiger charge is -2.46. The van der Waals surface area contributed by atoms with E-state index in [1.54, 1.807) is 0 Å². The number of benzene rings is 13. The number of fused-ring (bicyclic) bond motifs is 10. The molecule has 0 aliphatic carbocycles. The molecule has 0 unspecified atom stereocenters. The Morgan fingerprint density at radius 2 is 0.758 bits per heavy atom. The van der Waals surface area contributed by atoms with Crippen molar-refractivity contribution in [2.45, 2.75) is 105 Å². The Morgan fingerprint density at radius 1 is 0.293 bits per heavy atom. The maximum absolute atomic E-state index is 9.63. The van der Waals surface area contributed by atoms with Crippen LogP contribution in [0.3, 0.4) is 0 Å². The monoisotopic (exact) mass is 1290 g/mol. The summed E-state index contributed by atoms with van der Waals surface area (Å²) in [6.07, 6.45) is 0. The zero-order valence-corrected chi connectivity index (χ0v) is 58.2. The van der Waals surface area contributed by atoms with Crippen molar-refractivity contribution in [1.82, 2.24) is 9.13 Å². The molecule has 4 nitrogen and oxygen atoms in total. The molecule has 2 aliphatic rings. The maximum atomic E-state index is 9.63. The van der Waals surface area contributed by atoms with E-state index in [0.717, 1.165) is 122 Å². The SMILES string of the molecule is [2H]c1c([2H])c([2H])c(-c2ccc3c(c2)B2c4ccc(-c5c([2H])c([2H])c([2H])c([2H])c5[2H])cc4N(c4cccc5c6cccc(-n7c8ccc(C(C)(C)C)cc8c8cc(C(C)(C)C)ccc87)c6n(-c6ccccc6)c45)c4cc(C(C)(C)C)cc(c42)N3c2c(-c3ccccc3)cc(C(C)(C)C)cc2-c2ccccc2)c([2H])c1[2H]. The molecule has 482 valence electrons. The lowest BCUT2D eigenvalue weighted by atomic mass is 9.33. The average Bonchev–Trinajstić information content (AvgIpc) is 1.39. The first-order valence-corrected chi connectivity index (χ1v) is 34.5. The Hall–Kier alpha value is -10.9. The molecule has 0 spiro atoms. The number of hydrogen-bond donors (Lipinski definition) is 0. The van der Waals surface area contributed by atoms with Crippen LogP contribution in [0.15, 0.2) is 285 Å². The van der Waals surface area contributed by atoms with Crippen molar-refractivity contribution in [1.29, 1.82) is 0 Å². The van der Waals surface area contributed by atoms with Gasteiger partial charge in [0.2, 0.25) is 0 Å². The van der Waals surface area contributed by atoms with Gasteiger partial charge in [-0.25, -0.2) is 0 Å². The van der Waals surface area contributed by atoms with Gasteiger partial charge in [0.15, 0.2) is 0 Å². The number of anilines is 6. The van der Waals surface area contributed by atoms with Crippen LogP contribution in [0, 0.1) is 0 Å². The average molecular weight is 1290 g/mol. The Morgan fingerprint density at radius 3 is 1.28 bits per heavy atom. The Bertz CT molecular complexity index is 6160. The van der Waals surface area contributed by atoms with Crippen LogP contribution in [0.1, 0.15) is 119 Å². The summed E-state index contributed by atoms with van der Waals surface area (Å²) in [7, 11) is 0. The fourth-order valence-corrected chi connectivity index (χ4v) is 15.5. The first-order valence-electron chi connectivity index (χ1n) is 39.5. The molecule has 0 bridgehead atoms. The Balaban J connectivity index is 1.06. The summed E-state index contributed by atoms with van der Waals surface area (Å²) < 4.78 is 97.3. The van der Waals surface area contributed by atoms with Crippen molar-refractivity contribution in [2.75, 3.05) is 9.80 Å². The second-order valence-electron chi connectivity index (χ2n) is 31.0. The number of nitrogens with zero attached hydrogens (tertiary/aromatic N) is 4. The standard InChI is InChI=1S/C94H83BN4/c1-91(2,3)66-46-50-79-75(54-66)76-55-67(92(4,5)6)47-51-80(76)97(79)82-42-28-40-71-72-41-29-43-83(90(72)96(89(71)82)70-38-26-17-27-39-70)98-84-53-65(61-32-20-14-21-33-61)44-48-77(84)95-78-52-64(60-30-18-13-19-31-60)45-49-81(78)99(86-59-69(94(10,11)12)58-85(98)87(86)95)88-73(62-34-22-15-23-35-62)56-68(93(7,8)9)57-74(88)63-36-24-16-25-37-63/h13-59H,1-12H3/i13D,14D,18D,19D,20D,21D,30D,31D,32D,33D. The molecule has 0 fully saturated rings. The molecule has 0 atom stereocenters. The normalized spacial score (nSPS) is 14.6. The van der Waals surface area contributed by atoms with E-state index in [1.165, 1.54) is 21.9 Å². The first-order chi connectivity index (χ1) is 51.8. The van der Waals surface area contributed by atoms with E-state index in [-0.39, 0.29) is 51.5 Å². The number of aromatic nitrogens is 2. The van der Waals surface area contributed by atoms with E-state index >= 15 is 0 Å². The van der Waals surface area contributed by atoms with E-state index in [9.17, 15) is 5.48 Å². The summed E-state index contributed by atoms with van der Waals surface area (Å²) in [6, 6.07) is 76.0. The summed E-state index contributed by atoms with van der Waals surface area (Å²) in [6.45, 7) is 26.4. The second-order valence-corrected chi connectivity index (χ2v) is 31.0. The van der Waals surface area contributed by atoms with Gasteiger partial charge in [0, 0.05) is 61.1 Å². The Labute approximate surface area is 598 Å². The van der Waals surface area contributed by atoms with Crippen LogP contribution in [0.25, 0.3) is 99.5 Å². The molecular formula is C94H83BN4. The molecule has 99 heavy (non-hydrogen) atoms. The number of para-hydroxylation sites is 3. The van der Waals surface area contributed by atoms with E-state index in [1.807, 2.05) is 42.5 Å². The van der Waals surface area contributed by atoms with Crippen LogP contribution in [0.5, 0.6) is 0 Å². The van der Waals surface area contributed by atoms with Gasteiger partial charge in [-0.15, -0.1) is 0 Å². The number of rotatable bonds is 8. The molecule has 15 aromatic rings. The first kappa shape index (κ1) is 51.4. The van der Waals surface area contributed by atoms with Gasteiger partial charge in [0.05, 0.1) is 52.8 Å². The lowest BCUT2D eigenvalue weighted by molar-refractivity contribution is 0.590. The van der Waals surface area contributed by atoms with E-state index in [0.29, 0.717) is 16.8 Å². The summed E-state index contributed by atoms with van der Waals surface area (Å²) in [5.74, 6) is 0. The molecular weight excluding hydrogens is 1200 g/mol. The quantitative estimate of drug-likeness (QED) is 0.141. The van der Waals surface area contributed by atoms with Crippen molar-refractivity contribution < 1.29 is 13.7 Å². The highest BCUT2D eigenvalue weighted by Gasteiger charge is 2.46. The molecule has 5 heteroatoms. The van der Waals surface area contributed by atoms with Crippen LogP contribution in [0.4, 0.5) is 34.1 Å². The largest absolute Gasteiger partial charge is 0.310 e. The topological polar surface area (TPSA) is 16.3 Å². The van der Waals surface area contributed by atoms with Crippen LogP contribution >= 0.6 is 0 Å². The molecule has 13 aromatic carbocycles. The Kier molecular flexibility index (Phi) is 11.9. The molecule has 4 heterocycles. The van der Waals surface area contributed by atoms with Crippen LogP contribution in [-0.4, -0.2) is 15.8 Å². The zero-order chi connectivity index (χ0) is 76.7. The van der Waals surface area contributed by atoms with Crippen LogP contribution in [0.2, 0.25) is 0 Å². The van der Waals surface area contributed by atoms with E-state index in [4.69, 9.17) is 8.22 Å². The van der Waals surface area contributed by atoms with Crippen molar-refractivity contribution in [3.63, 3.8) is 0 Å². The summed E-state index contributed by atoms with van der Waals surface area (Å²) in [5.41, 5.74) is 21.8. The van der Waals surface area contributed by atoms with Gasteiger partial charge < -0.3 is 18.9 Å². The predicted molar refractivity (Wildman–Crippen MR) is 426 cm³/mol. The molecule has 17 rings (SSSR count). The highest BCUT2D eigenvalue weighted by atomic mass is 15.2. The minimum absolute atomic E-state index is 0.0552. The summed E-state index contributed by atoms with van der Waals surface area (Å²) in [4.78, 5) is 4.80. The van der Waals surface area contributed by atoms with E-state index in [2.05, 4.69) is 284 Å². The van der Waals surface area contributed by atoms with Gasteiger partial charge in [-0.3, -0.25) is 0 Å². The fraction of sp³-hybridized carbons (Fsp3) is 0.170. The van der Waals surface area contributed by atoms with Crippen LogP contribution in [-0.2, 0) is 21.7 Å². The summed E-state index contributed by atoms with van der Waals surface area (Å²) >= 11 is 0. The smallest absolute Gasteiger partial charge is 0.252 e. The molecule has 2 aromatic heterocycles. The third kappa shape index (κ3) is 10.2. The van der Waals surface area contributed by atoms with Crippen molar-refractivity contribution >= 4 is 101 Å². The number of hydrogen-bond acceptors (Lipinski definition) is 2. The highest BCUT2D eigenvalue weighted by molar-refractivity contribution is 7.00. The molecule has 0 amide bonds. The van der Waals surface area contributed by atoms with Crippen molar-refractivity contribution in [3.05, 3.63) is 307 Å². The van der Waals surface area contributed by atoms with Gasteiger partial charge in [0.25, 0.3) is 6.71 Å². The molecule has 0 N–H and O–H groups in total. The van der Waals surface area contributed by atoms with Crippen molar-refractivity contribution in [2.24, 2.45) is 0 Å². The van der Waals surface area contributed by atoms with Gasteiger partial charge in [0.1, 0.15) is 0 Å². The minimum Gasteiger partial charge on any atom is -0.310 e. The van der Waals surface area contributed by atoms with Crippen molar-refractivity contribution in [3.8, 4) is 55.9 Å². The van der Waals surface area contributed by atoms with Gasteiger partial charge >= 0.3 is 0 Å². The zero-order valence-electron chi connectivity index (χ0n) is 68.2. The summed E-state index contributed by atoms with van der Waals surface area (Å²) in [5, 5.41) is 4.32. The molecule has 0 saturated carbocycles. The maximum Gasteiger partial charge on any atom is 0.252 e. The third-order valence-corrected chi connectivity index (χ3v) is 20.6. The molecule has 0 radical (unpaired) electrons. The van der Waals surface area contributed by atoms with E-state index < -0.39 is 48.4 Å². The van der Waals surface area contributed by atoms with Crippen LogP contribution < -0.4 is 26.2 Å². The lowest BCUT2D eigenvalue weighted by Crippen LogP contribution is -2.61. The van der Waals surface area contributed by atoms with Gasteiger partial charge in [-0.1, -0.05) is 283 Å². The minimum atomic E-state index is -0.664. The molecule has 0 saturated heterocycles. The predicted octanol–water partition coefficient (Wildman–Crippen LogP) is 23.8. The second kappa shape index (κ2) is 22.9. The fourth-order valence-electron chi connectivity index (χ4n) is 15.5. The highest BCUT2D eigenvalue weighted by Crippen LogP contribution is 2.54. The molecule has 2 aliphatic heterocycles.